The average Bonchev–Trinajstić information content (AvgIpc) is 2.62. The van der Waals surface area contributed by atoms with Gasteiger partial charge in [-0.25, -0.2) is 0 Å². The lowest BCUT2D eigenvalue weighted by molar-refractivity contribution is 0.359. The highest BCUT2D eigenvalue weighted by molar-refractivity contribution is 5.81. The van der Waals surface area contributed by atoms with Gasteiger partial charge in [0.05, 0.1) is 11.0 Å². The fraction of sp³-hybridized carbons (Fsp3) is 0.455. The number of fused-ring (bicyclic) bond motifs is 1. The van der Waals surface area contributed by atoms with E-state index in [0.29, 0.717) is 0 Å². The number of rotatable bonds is 2. The lowest BCUT2D eigenvalue weighted by Crippen LogP contribution is -2.26. The minimum Gasteiger partial charge on any atom is -0.385 e. The third-order valence-electron chi connectivity index (χ3n) is 3.02. The molecule has 2 aromatic heterocycles. The predicted molar refractivity (Wildman–Crippen MR) is 60.3 cm³/mol. The number of anilines is 1. The molecule has 2 rings (SSSR count). The Morgan fingerprint density at radius 3 is 2.86 bits per heavy atom. The van der Waals surface area contributed by atoms with E-state index in [1.165, 1.54) is 5.52 Å². The highest BCUT2D eigenvalue weighted by Crippen LogP contribution is 2.30. The van der Waals surface area contributed by atoms with Crippen LogP contribution in [0.4, 0.5) is 5.82 Å². The molecule has 2 aromatic rings. The first-order valence-electron chi connectivity index (χ1n) is 5.01. The van der Waals surface area contributed by atoms with Gasteiger partial charge in [0.1, 0.15) is 5.82 Å². The van der Waals surface area contributed by atoms with Crippen LogP contribution < -0.4 is 5.73 Å². The monoisotopic (exact) mass is 191 g/mol. The number of nitrogen functional groups attached to an aromatic ring is 1. The third-order valence-corrected chi connectivity index (χ3v) is 3.02. The quantitative estimate of drug-likeness (QED) is 0.753. The van der Waals surface area contributed by atoms with E-state index >= 15 is 0 Å². The van der Waals surface area contributed by atoms with Crippen molar-refractivity contribution in [1.29, 1.82) is 0 Å². The lowest BCUT2D eigenvalue weighted by atomic mass is 10.0. The Morgan fingerprint density at radius 2 is 2.21 bits per heavy atom. The SMILES string of the molecule is CCC(C)(C)n1c(N)cc2[nH]ccc21. The molecule has 3 nitrogen and oxygen atoms in total. The van der Waals surface area contributed by atoms with Crippen molar-refractivity contribution >= 4 is 16.9 Å². The van der Waals surface area contributed by atoms with Crippen molar-refractivity contribution in [3.63, 3.8) is 0 Å². The van der Waals surface area contributed by atoms with Crippen molar-refractivity contribution in [3.8, 4) is 0 Å². The number of nitrogens with zero attached hydrogens (tertiary/aromatic N) is 1. The minimum absolute atomic E-state index is 0.0774. The van der Waals surface area contributed by atoms with E-state index < -0.39 is 0 Å². The number of aromatic amines is 1. The van der Waals surface area contributed by atoms with Crippen LogP contribution in [-0.2, 0) is 5.54 Å². The van der Waals surface area contributed by atoms with E-state index in [1.54, 1.807) is 0 Å². The van der Waals surface area contributed by atoms with Crippen LogP contribution in [-0.4, -0.2) is 9.55 Å². The Kier molecular flexibility index (Phi) is 1.84. The van der Waals surface area contributed by atoms with Crippen LogP contribution >= 0.6 is 0 Å². The summed E-state index contributed by atoms with van der Waals surface area (Å²) in [5, 5.41) is 0. The molecule has 0 amide bonds. The van der Waals surface area contributed by atoms with Crippen molar-refractivity contribution < 1.29 is 0 Å². The van der Waals surface area contributed by atoms with Gasteiger partial charge in [-0.1, -0.05) is 6.92 Å². The molecule has 3 heteroatoms. The second-order valence-electron chi connectivity index (χ2n) is 4.35. The van der Waals surface area contributed by atoms with E-state index in [0.717, 1.165) is 17.8 Å². The van der Waals surface area contributed by atoms with Gasteiger partial charge < -0.3 is 15.3 Å². The molecular weight excluding hydrogens is 174 g/mol. The zero-order valence-electron chi connectivity index (χ0n) is 8.96. The molecule has 14 heavy (non-hydrogen) atoms. The average molecular weight is 191 g/mol. The zero-order chi connectivity index (χ0) is 10.3. The van der Waals surface area contributed by atoms with Crippen LogP contribution in [0, 0.1) is 0 Å². The zero-order valence-corrected chi connectivity index (χ0v) is 8.96. The summed E-state index contributed by atoms with van der Waals surface area (Å²) in [6.45, 7) is 6.59. The smallest absolute Gasteiger partial charge is 0.106 e. The maximum absolute atomic E-state index is 6.00. The largest absolute Gasteiger partial charge is 0.385 e. The van der Waals surface area contributed by atoms with Gasteiger partial charge in [0, 0.05) is 17.8 Å². The Balaban J connectivity index is 2.70. The molecule has 0 radical (unpaired) electrons. The maximum Gasteiger partial charge on any atom is 0.106 e. The standard InChI is InChI=1S/C11H17N3/c1-4-11(2,3)14-9-5-6-13-8(9)7-10(14)12/h5-7,13H,4,12H2,1-3H3. The molecule has 76 valence electrons. The summed E-state index contributed by atoms with van der Waals surface area (Å²) in [4.78, 5) is 3.18. The molecule has 0 aliphatic rings. The molecule has 0 fully saturated rings. The number of nitrogens with one attached hydrogen (secondary N) is 1. The van der Waals surface area contributed by atoms with E-state index in [2.05, 4.69) is 36.4 Å². The Bertz CT molecular complexity index is 448. The van der Waals surface area contributed by atoms with Gasteiger partial charge in [-0.3, -0.25) is 0 Å². The Morgan fingerprint density at radius 1 is 1.50 bits per heavy atom. The van der Waals surface area contributed by atoms with Crippen LogP contribution in [0.1, 0.15) is 27.2 Å². The fourth-order valence-corrected chi connectivity index (χ4v) is 1.87. The molecule has 0 bridgehead atoms. The lowest BCUT2D eigenvalue weighted by Gasteiger charge is -2.27. The van der Waals surface area contributed by atoms with Crippen molar-refractivity contribution in [2.24, 2.45) is 0 Å². The van der Waals surface area contributed by atoms with Gasteiger partial charge in [0.2, 0.25) is 0 Å². The van der Waals surface area contributed by atoms with Gasteiger partial charge in [-0.2, -0.15) is 0 Å². The van der Waals surface area contributed by atoms with Crippen LogP contribution in [0.5, 0.6) is 0 Å². The molecule has 0 spiro atoms. The first kappa shape index (κ1) is 9.19. The highest BCUT2D eigenvalue weighted by Gasteiger charge is 2.22. The number of aromatic nitrogens is 2. The van der Waals surface area contributed by atoms with Gasteiger partial charge in [-0.15, -0.1) is 0 Å². The summed E-state index contributed by atoms with van der Waals surface area (Å²) in [7, 11) is 0. The Hall–Kier alpha value is -1.38. The second kappa shape index (κ2) is 2.80. The van der Waals surface area contributed by atoms with E-state index in [4.69, 9.17) is 5.73 Å². The normalized spacial score (nSPS) is 12.5. The van der Waals surface area contributed by atoms with Gasteiger partial charge in [0.15, 0.2) is 0 Å². The molecule has 0 unspecified atom stereocenters. The number of hydrogen-bond donors (Lipinski definition) is 2. The molecule has 2 heterocycles. The predicted octanol–water partition coefficient (Wildman–Crippen LogP) is 2.70. The van der Waals surface area contributed by atoms with Crippen molar-refractivity contribution in [1.82, 2.24) is 9.55 Å². The molecule has 0 saturated heterocycles. The number of H-pyrrole nitrogens is 1. The van der Waals surface area contributed by atoms with E-state index in [-0.39, 0.29) is 5.54 Å². The summed E-state index contributed by atoms with van der Waals surface area (Å²) >= 11 is 0. The van der Waals surface area contributed by atoms with Crippen LogP contribution in [0.2, 0.25) is 0 Å². The van der Waals surface area contributed by atoms with Crippen LogP contribution in [0.25, 0.3) is 11.0 Å². The van der Waals surface area contributed by atoms with Crippen molar-refractivity contribution in [2.45, 2.75) is 32.7 Å². The fourth-order valence-electron chi connectivity index (χ4n) is 1.87. The number of nitrogens with two attached hydrogens (primary N) is 1. The molecular formula is C11H17N3. The van der Waals surface area contributed by atoms with Gasteiger partial charge >= 0.3 is 0 Å². The number of hydrogen-bond acceptors (Lipinski definition) is 1. The summed E-state index contributed by atoms with van der Waals surface area (Å²) in [5.41, 5.74) is 8.38. The summed E-state index contributed by atoms with van der Waals surface area (Å²) in [6.07, 6.45) is 3.01. The third kappa shape index (κ3) is 1.12. The first-order chi connectivity index (χ1) is 6.56. The van der Waals surface area contributed by atoms with Crippen molar-refractivity contribution in [2.75, 3.05) is 5.73 Å². The minimum atomic E-state index is 0.0774. The maximum atomic E-state index is 6.00. The van der Waals surface area contributed by atoms with Crippen LogP contribution in [0.15, 0.2) is 18.3 Å². The van der Waals surface area contributed by atoms with Crippen molar-refractivity contribution in [3.05, 3.63) is 18.3 Å². The molecule has 0 atom stereocenters. The van der Waals surface area contributed by atoms with E-state index in [1.807, 2.05) is 12.3 Å². The van der Waals surface area contributed by atoms with Crippen LogP contribution in [0.3, 0.4) is 0 Å². The molecule has 0 aliphatic carbocycles. The highest BCUT2D eigenvalue weighted by atomic mass is 15.1. The van der Waals surface area contributed by atoms with E-state index in [9.17, 15) is 0 Å². The summed E-state index contributed by atoms with van der Waals surface area (Å²) in [5.74, 6) is 0.832. The first-order valence-corrected chi connectivity index (χ1v) is 5.01. The van der Waals surface area contributed by atoms with Gasteiger partial charge in [-0.05, 0) is 26.3 Å². The molecule has 0 saturated carbocycles. The topological polar surface area (TPSA) is 46.7 Å². The molecule has 3 N–H and O–H groups in total. The molecule has 0 aromatic carbocycles. The summed E-state index contributed by atoms with van der Waals surface area (Å²) in [6, 6.07) is 4.07. The van der Waals surface area contributed by atoms with Gasteiger partial charge in [0.25, 0.3) is 0 Å². The summed E-state index contributed by atoms with van der Waals surface area (Å²) < 4.78 is 2.19. The Labute approximate surface area is 83.9 Å². The molecule has 0 aliphatic heterocycles. The second-order valence-corrected chi connectivity index (χ2v) is 4.35.